The van der Waals surface area contributed by atoms with E-state index in [-0.39, 0.29) is 18.1 Å². The zero-order valence-electron chi connectivity index (χ0n) is 15.0. The minimum Gasteiger partial charge on any atom is -0.497 e. The van der Waals surface area contributed by atoms with E-state index in [0.29, 0.717) is 11.6 Å². The van der Waals surface area contributed by atoms with E-state index in [0.717, 1.165) is 41.1 Å². The molecule has 138 valence electrons. The molecule has 5 nitrogen and oxygen atoms in total. The lowest BCUT2D eigenvalue weighted by atomic mass is 10.1. The molecule has 0 spiro atoms. The van der Waals surface area contributed by atoms with Gasteiger partial charge in [0.15, 0.2) is 0 Å². The predicted molar refractivity (Wildman–Crippen MR) is 101 cm³/mol. The van der Waals surface area contributed by atoms with E-state index in [2.05, 4.69) is 15.5 Å². The highest BCUT2D eigenvalue weighted by atomic mass is 19.1. The van der Waals surface area contributed by atoms with Gasteiger partial charge in [-0.1, -0.05) is 24.3 Å². The molecule has 0 bridgehead atoms. The van der Waals surface area contributed by atoms with Crippen LogP contribution in [-0.4, -0.2) is 23.2 Å². The first-order valence-corrected chi connectivity index (χ1v) is 8.91. The number of methoxy groups -OCH3 is 1. The molecular formula is C21H20FN3O2. The predicted octanol–water partition coefficient (Wildman–Crippen LogP) is 4.28. The van der Waals surface area contributed by atoms with Gasteiger partial charge in [0.2, 0.25) is 5.91 Å². The van der Waals surface area contributed by atoms with Gasteiger partial charge in [-0.25, -0.2) is 4.39 Å². The molecule has 1 aromatic heterocycles. The van der Waals surface area contributed by atoms with E-state index in [9.17, 15) is 9.18 Å². The maximum Gasteiger partial charge on any atom is 0.228 e. The number of nitrogens with zero attached hydrogens (tertiary/aromatic N) is 1. The molecule has 1 fully saturated rings. The number of H-pyrrole nitrogens is 1. The molecule has 1 saturated carbocycles. The topological polar surface area (TPSA) is 67.0 Å². The average Bonchev–Trinajstić information content (AvgIpc) is 3.44. The molecule has 27 heavy (non-hydrogen) atoms. The van der Waals surface area contributed by atoms with Gasteiger partial charge >= 0.3 is 0 Å². The second kappa shape index (κ2) is 7.23. The maximum absolute atomic E-state index is 13.1. The second-order valence-corrected chi connectivity index (χ2v) is 6.72. The number of hydrogen-bond donors (Lipinski definition) is 2. The lowest BCUT2D eigenvalue weighted by Gasteiger charge is -2.09. The first-order chi connectivity index (χ1) is 13.1. The summed E-state index contributed by atoms with van der Waals surface area (Å²) in [7, 11) is 1.62. The highest BCUT2D eigenvalue weighted by molar-refractivity contribution is 5.97. The van der Waals surface area contributed by atoms with Gasteiger partial charge in [0.1, 0.15) is 17.3 Å². The van der Waals surface area contributed by atoms with Crippen LogP contribution in [-0.2, 0) is 11.2 Å². The van der Waals surface area contributed by atoms with Gasteiger partial charge in [0.25, 0.3) is 0 Å². The normalized spacial score (nSPS) is 13.4. The Labute approximate surface area is 156 Å². The molecule has 0 atom stereocenters. The Hall–Kier alpha value is -3.15. The summed E-state index contributed by atoms with van der Waals surface area (Å²) in [6, 6.07) is 13.5. The monoisotopic (exact) mass is 365 g/mol. The summed E-state index contributed by atoms with van der Waals surface area (Å²) in [5.74, 6) is 0.657. The van der Waals surface area contributed by atoms with Crippen molar-refractivity contribution in [3.63, 3.8) is 0 Å². The van der Waals surface area contributed by atoms with Crippen molar-refractivity contribution in [2.75, 3.05) is 12.4 Å². The molecule has 1 heterocycles. The molecule has 1 aliphatic carbocycles. The Morgan fingerprint density at radius 3 is 2.74 bits per heavy atom. The summed E-state index contributed by atoms with van der Waals surface area (Å²) in [6.07, 6.45) is 2.34. The van der Waals surface area contributed by atoms with Gasteiger partial charge in [0.05, 0.1) is 24.9 Å². The largest absolute Gasteiger partial charge is 0.497 e. The number of carbonyl (C=O) groups is 1. The van der Waals surface area contributed by atoms with Gasteiger partial charge in [-0.05, 0) is 42.7 Å². The van der Waals surface area contributed by atoms with Crippen molar-refractivity contribution in [1.82, 2.24) is 10.2 Å². The van der Waals surface area contributed by atoms with Crippen molar-refractivity contribution in [2.24, 2.45) is 0 Å². The minimum absolute atomic E-state index is 0.158. The number of ether oxygens (including phenoxy) is 1. The van der Waals surface area contributed by atoms with E-state index in [4.69, 9.17) is 4.74 Å². The molecule has 0 unspecified atom stereocenters. The Morgan fingerprint density at radius 2 is 2.04 bits per heavy atom. The van der Waals surface area contributed by atoms with E-state index in [1.165, 1.54) is 12.1 Å². The Kier molecular flexibility index (Phi) is 4.62. The summed E-state index contributed by atoms with van der Waals surface area (Å²) < 4.78 is 18.4. The van der Waals surface area contributed by atoms with Crippen LogP contribution in [0.3, 0.4) is 0 Å². The first-order valence-electron chi connectivity index (χ1n) is 8.91. The fraction of sp³-hybridized carbons (Fsp3) is 0.238. The van der Waals surface area contributed by atoms with Gasteiger partial charge < -0.3 is 10.1 Å². The highest BCUT2D eigenvalue weighted by Crippen LogP contribution is 2.45. The maximum atomic E-state index is 13.1. The number of aromatic amines is 1. The number of benzene rings is 2. The van der Waals surface area contributed by atoms with Crippen LogP contribution < -0.4 is 10.1 Å². The fourth-order valence-corrected chi connectivity index (χ4v) is 3.10. The third-order valence-electron chi connectivity index (χ3n) is 4.67. The summed E-state index contributed by atoms with van der Waals surface area (Å²) in [5, 5.41) is 10.6. The Bertz CT molecular complexity index is 962. The van der Waals surface area contributed by atoms with Crippen LogP contribution >= 0.6 is 0 Å². The van der Waals surface area contributed by atoms with Crippen LogP contribution in [0.1, 0.15) is 30.0 Å². The third-order valence-corrected chi connectivity index (χ3v) is 4.67. The molecule has 0 aliphatic heterocycles. The van der Waals surface area contributed by atoms with E-state index in [1.807, 2.05) is 24.3 Å². The molecule has 0 saturated heterocycles. The number of nitrogens with one attached hydrogen (secondary N) is 2. The quantitative estimate of drug-likeness (QED) is 0.685. The molecule has 1 aliphatic rings. The van der Waals surface area contributed by atoms with E-state index >= 15 is 0 Å². The first kappa shape index (κ1) is 17.3. The Morgan fingerprint density at radius 1 is 1.26 bits per heavy atom. The van der Waals surface area contributed by atoms with Crippen molar-refractivity contribution in [3.05, 3.63) is 65.6 Å². The molecule has 3 aromatic rings. The zero-order valence-corrected chi connectivity index (χ0v) is 15.0. The fourth-order valence-electron chi connectivity index (χ4n) is 3.10. The van der Waals surface area contributed by atoms with Gasteiger partial charge in [-0.15, -0.1) is 0 Å². The van der Waals surface area contributed by atoms with Crippen LogP contribution in [0.15, 0.2) is 48.5 Å². The third kappa shape index (κ3) is 3.84. The minimum atomic E-state index is -0.315. The standard InChI is InChI=1S/C21H20FN3O2/c1-27-17-4-2-3-15(12-17)20-21(19(24-25-20)14-7-8-14)23-18(26)11-13-5-9-16(22)10-6-13/h2-6,9-10,12,14H,7-8,11H2,1H3,(H,23,26)(H,24,25). The number of carbonyl (C=O) groups excluding carboxylic acids is 1. The van der Waals surface area contributed by atoms with Gasteiger partial charge in [-0.3, -0.25) is 9.89 Å². The number of amides is 1. The van der Waals surface area contributed by atoms with Crippen molar-refractivity contribution in [1.29, 1.82) is 0 Å². The lowest BCUT2D eigenvalue weighted by molar-refractivity contribution is -0.115. The molecule has 2 aromatic carbocycles. The van der Waals surface area contributed by atoms with E-state index < -0.39 is 0 Å². The van der Waals surface area contributed by atoms with Crippen molar-refractivity contribution < 1.29 is 13.9 Å². The van der Waals surface area contributed by atoms with E-state index in [1.54, 1.807) is 19.2 Å². The molecular weight excluding hydrogens is 345 g/mol. The second-order valence-electron chi connectivity index (χ2n) is 6.72. The Balaban J connectivity index is 1.61. The van der Waals surface area contributed by atoms with Crippen LogP contribution in [0.5, 0.6) is 5.75 Å². The summed E-state index contributed by atoms with van der Waals surface area (Å²) in [6.45, 7) is 0. The number of halogens is 1. The summed E-state index contributed by atoms with van der Waals surface area (Å²) in [4.78, 5) is 12.6. The van der Waals surface area contributed by atoms with Gasteiger partial charge in [-0.2, -0.15) is 5.10 Å². The van der Waals surface area contributed by atoms with Crippen LogP contribution in [0, 0.1) is 5.82 Å². The molecule has 4 rings (SSSR count). The van der Waals surface area contributed by atoms with Crippen molar-refractivity contribution in [2.45, 2.75) is 25.2 Å². The van der Waals surface area contributed by atoms with Crippen LogP contribution in [0.2, 0.25) is 0 Å². The summed E-state index contributed by atoms with van der Waals surface area (Å²) in [5.41, 5.74) is 4.00. The van der Waals surface area contributed by atoms with Crippen molar-refractivity contribution >= 4 is 11.6 Å². The van der Waals surface area contributed by atoms with Gasteiger partial charge in [0, 0.05) is 11.5 Å². The molecule has 1 amide bonds. The SMILES string of the molecule is COc1cccc(-c2n[nH]c(C3CC3)c2NC(=O)Cc2ccc(F)cc2)c1. The van der Waals surface area contributed by atoms with Crippen molar-refractivity contribution in [3.8, 4) is 17.0 Å². The summed E-state index contributed by atoms with van der Waals surface area (Å²) >= 11 is 0. The van der Waals surface area contributed by atoms with Crippen LogP contribution in [0.4, 0.5) is 10.1 Å². The zero-order chi connectivity index (χ0) is 18.8. The lowest BCUT2D eigenvalue weighted by Crippen LogP contribution is -2.15. The number of hydrogen-bond acceptors (Lipinski definition) is 3. The molecule has 6 heteroatoms. The smallest absolute Gasteiger partial charge is 0.228 e. The highest BCUT2D eigenvalue weighted by Gasteiger charge is 2.31. The van der Waals surface area contributed by atoms with Crippen LogP contribution in [0.25, 0.3) is 11.3 Å². The average molecular weight is 365 g/mol. The molecule has 0 radical (unpaired) electrons. The molecule has 2 N–H and O–H groups in total. The number of aromatic nitrogens is 2. The number of anilines is 1. The number of rotatable bonds is 6.